The van der Waals surface area contributed by atoms with Gasteiger partial charge in [-0.2, -0.15) is 4.31 Å². The van der Waals surface area contributed by atoms with Gasteiger partial charge in [0.1, 0.15) is 5.75 Å². The van der Waals surface area contributed by atoms with E-state index in [1.165, 1.54) is 15.8 Å². The fourth-order valence-corrected chi connectivity index (χ4v) is 4.39. The number of carbonyl (C=O) groups is 1. The molecule has 0 aromatic heterocycles. The summed E-state index contributed by atoms with van der Waals surface area (Å²) >= 11 is 0. The Hall–Kier alpha value is -2.64. The van der Waals surface area contributed by atoms with Gasteiger partial charge in [0.05, 0.1) is 5.56 Å². The summed E-state index contributed by atoms with van der Waals surface area (Å²) in [5.74, 6) is -0.0948. The van der Waals surface area contributed by atoms with Crippen LogP contribution in [0.25, 0.3) is 6.08 Å². The Morgan fingerprint density at radius 2 is 1.69 bits per heavy atom. The number of hydrogen-bond acceptors (Lipinski definition) is 4. The van der Waals surface area contributed by atoms with Crippen molar-refractivity contribution in [2.45, 2.75) is 19.8 Å². The Morgan fingerprint density at radius 1 is 1.03 bits per heavy atom. The third kappa shape index (κ3) is 5.05. The van der Waals surface area contributed by atoms with Crippen LogP contribution in [0.2, 0.25) is 0 Å². The number of carbonyl (C=O) groups excluding carboxylic acids is 1. The van der Waals surface area contributed by atoms with Gasteiger partial charge in [-0.25, -0.2) is 8.42 Å². The van der Waals surface area contributed by atoms with Gasteiger partial charge in [-0.05, 0) is 35.3 Å². The highest BCUT2D eigenvalue weighted by Gasteiger charge is 2.29. The van der Waals surface area contributed by atoms with E-state index < -0.39 is 10.0 Å². The van der Waals surface area contributed by atoms with E-state index in [2.05, 4.69) is 0 Å². The van der Waals surface area contributed by atoms with Crippen LogP contribution in [0.5, 0.6) is 5.75 Å². The summed E-state index contributed by atoms with van der Waals surface area (Å²) in [5.41, 5.74) is 2.04. The van der Waals surface area contributed by atoms with Crippen LogP contribution < -0.4 is 0 Å². The lowest BCUT2D eigenvalue weighted by Crippen LogP contribution is -2.50. The fourth-order valence-electron chi connectivity index (χ4n) is 3.21. The monoisotopic (exact) mass is 414 g/mol. The predicted molar refractivity (Wildman–Crippen MR) is 114 cm³/mol. The fraction of sp³-hybridized carbons (Fsp3) is 0.318. The third-order valence-corrected chi connectivity index (χ3v) is 6.60. The Balaban J connectivity index is 1.66. The molecule has 3 rings (SSSR count). The van der Waals surface area contributed by atoms with Crippen LogP contribution in [-0.2, 0) is 10.0 Å². The molecule has 0 spiro atoms. The maximum absolute atomic E-state index is 12.8. The number of phenolic OH excluding ortho intramolecular Hbond substituents is 1. The second-order valence-electron chi connectivity index (χ2n) is 7.38. The predicted octanol–water partition coefficient (Wildman–Crippen LogP) is 3.27. The lowest BCUT2D eigenvalue weighted by molar-refractivity contribution is 0.0695. The summed E-state index contributed by atoms with van der Waals surface area (Å²) in [6.45, 7) is 5.04. The lowest BCUT2D eigenvalue weighted by Gasteiger charge is -2.33. The van der Waals surface area contributed by atoms with Crippen LogP contribution in [0.1, 0.15) is 41.3 Å². The first-order valence-corrected chi connectivity index (χ1v) is 11.1. The molecule has 2 aromatic rings. The number of hydrogen-bond donors (Lipinski definition) is 1. The number of phenols is 1. The van der Waals surface area contributed by atoms with Crippen molar-refractivity contribution in [3.63, 3.8) is 0 Å². The molecule has 1 saturated heterocycles. The van der Waals surface area contributed by atoms with Crippen molar-refractivity contribution in [2.24, 2.45) is 0 Å². The topological polar surface area (TPSA) is 77.9 Å². The quantitative estimate of drug-likeness (QED) is 0.815. The zero-order valence-corrected chi connectivity index (χ0v) is 17.5. The maximum Gasteiger partial charge on any atom is 0.257 e. The molecule has 1 heterocycles. The van der Waals surface area contributed by atoms with Gasteiger partial charge >= 0.3 is 0 Å². The van der Waals surface area contributed by atoms with Crippen molar-refractivity contribution in [3.8, 4) is 5.75 Å². The molecule has 0 unspecified atom stereocenters. The molecule has 2 aromatic carbocycles. The number of benzene rings is 2. The largest absolute Gasteiger partial charge is 0.507 e. The first-order valence-electron chi connectivity index (χ1n) is 9.63. The molecule has 0 radical (unpaired) electrons. The Bertz CT molecular complexity index is 993. The summed E-state index contributed by atoms with van der Waals surface area (Å²) < 4.78 is 26.5. The number of rotatable bonds is 5. The van der Waals surface area contributed by atoms with Crippen LogP contribution >= 0.6 is 0 Å². The molecule has 0 atom stereocenters. The summed E-state index contributed by atoms with van der Waals surface area (Å²) in [7, 11) is -3.56. The van der Waals surface area contributed by atoms with E-state index in [4.69, 9.17) is 0 Å². The highest BCUT2D eigenvalue weighted by atomic mass is 32.2. The molecule has 1 aliphatic rings. The first-order chi connectivity index (χ1) is 13.8. The molecule has 0 aliphatic carbocycles. The molecule has 0 bridgehead atoms. The van der Waals surface area contributed by atoms with Crippen LogP contribution in [0, 0.1) is 0 Å². The molecule has 1 aliphatic heterocycles. The molecular formula is C22H26N2O4S. The Kier molecular flexibility index (Phi) is 6.39. The van der Waals surface area contributed by atoms with E-state index in [-0.39, 0.29) is 49.3 Å². The average Bonchev–Trinajstić information content (AvgIpc) is 2.73. The minimum absolute atomic E-state index is 0.0553. The van der Waals surface area contributed by atoms with Crippen molar-refractivity contribution < 1.29 is 18.3 Å². The van der Waals surface area contributed by atoms with Gasteiger partial charge in [0.2, 0.25) is 10.0 Å². The molecule has 154 valence electrons. The highest BCUT2D eigenvalue weighted by Crippen LogP contribution is 2.25. The summed E-state index contributed by atoms with van der Waals surface area (Å²) in [4.78, 5) is 14.4. The van der Waals surface area contributed by atoms with E-state index in [1.54, 1.807) is 23.1 Å². The molecule has 0 saturated carbocycles. The summed E-state index contributed by atoms with van der Waals surface area (Å²) in [5, 5.41) is 11.3. The second kappa shape index (κ2) is 8.80. The number of amides is 1. The lowest BCUT2D eigenvalue weighted by atomic mass is 9.99. The average molecular weight is 415 g/mol. The van der Waals surface area contributed by atoms with Crippen molar-refractivity contribution in [1.29, 1.82) is 0 Å². The number of piperazine rings is 1. The van der Waals surface area contributed by atoms with E-state index in [0.717, 1.165) is 11.1 Å². The number of nitrogens with zero attached hydrogens (tertiary/aromatic N) is 2. The van der Waals surface area contributed by atoms with Gasteiger partial charge in [-0.1, -0.05) is 50.2 Å². The SMILES string of the molecule is CC(C)c1ccc(O)c(C(=O)N2CCN(S(=O)(=O)/C=C/c3ccccc3)CC2)c1. The summed E-state index contributed by atoms with van der Waals surface area (Å²) in [6, 6.07) is 14.3. The molecule has 29 heavy (non-hydrogen) atoms. The number of aromatic hydroxyl groups is 1. The smallest absolute Gasteiger partial charge is 0.257 e. The van der Waals surface area contributed by atoms with Crippen molar-refractivity contribution in [1.82, 2.24) is 9.21 Å². The van der Waals surface area contributed by atoms with Gasteiger partial charge in [-0.3, -0.25) is 4.79 Å². The second-order valence-corrected chi connectivity index (χ2v) is 9.20. The Labute approximate surface area is 172 Å². The molecular weight excluding hydrogens is 388 g/mol. The van der Waals surface area contributed by atoms with Gasteiger partial charge in [0, 0.05) is 31.6 Å². The molecule has 1 amide bonds. The van der Waals surface area contributed by atoms with Gasteiger partial charge < -0.3 is 10.0 Å². The molecule has 6 nitrogen and oxygen atoms in total. The van der Waals surface area contributed by atoms with Gasteiger partial charge in [0.15, 0.2) is 0 Å². The highest BCUT2D eigenvalue weighted by molar-refractivity contribution is 7.92. The zero-order chi connectivity index (χ0) is 21.0. The van der Waals surface area contributed by atoms with E-state index in [1.807, 2.05) is 44.2 Å². The van der Waals surface area contributed by atoms with Crippen molar-refractivity contribution in [3.05, 3.63) is 70.6 Å². The van der Waals surface area contributed by atoms with Crippen molar-refractivity contribution in [2.75, 3.05) is 26.2 Å². The van der Waals surface area contributed by atoms with Crippen molar-refractivity contribution >= 4 is 22.0 Å². The minimum Gasteiger partial charge on any atom is -0.507 e. The molecule has 7 heteroatoms. The van der Waals surface area contributed by atoms with Gasteiger partial charge in [0.25, 0.3) is 5.91 Å². The first kappa shape index (κ1) is 21.1. The zero-order valence-electron chi connectivity index (χ0n) is 16.7. The summed E-state index contributed by atoms with van der Waals surface area (Å²) in [6.07, 6.45) is 1.57. The van der Waals surface area contributed by atoms with Crippen LogP contribution in [-0.4, -0.2) is 54.8 Å². The molecule has 1 fully saturated rings. The third-order valence-electron chi connectivity index (χ3n) is 5.04. The van der Waals surface area contributed by atoms with Crippen LogP contribution in [0.3, 0.4) is 0 Å². The maximum atomic E-state index is 12.8. The van der Waals surface area contributed by atoms with E-state index in [9.17, 15) is 18.3 Å². The number of sulfonamides is 1. The van der Waals surface area contributed by atoms with Crippen LogP contribution in [0.4, 0.5) is 0 Å². The van der Waals surface area contributed by atoms with E-state index >= 15 is 0 Å². The normalized spacial score (nSPS) is 15.9. The standard InChI is InChI=1S/C22H26N2O4S/c1-17(2)19-8-9-21(25)20(16-19)22(26)23-11-13-24(14-12-23)29(27,28)15-10-18-6-4-3-5-7-18/h3-10,15-17,25H,11-14H2,1-2H3/b15-10+. The van der Waals surface area contributed by atoms with E-state index in [0.29, 0.717) is 0 Å². The van der Waals surface area contributed by atoms with Crippen LogP contribution in [0.15, 0.2) is 53.9 Å². The minimum atomic E-state index is -3.56. The Morgan fingerprint density at radius 3 is 2.31 bits per heavy atom. The van der Waals surface area contributed by atoms with Gasteiger partial charge in [-0.15, -0.1) is 0 Å². The molecule has 1 N–H and O–H groups in total.